The molecule has 0 saturated carbocycles. The van der Waals surface area contributed by atoms with Gasteiger partial charge in [0.1, 0.15) is 5.75 Å². The first kappa shape index (κ1) is 11.2. The van der Waals surface area contributed by atoms with Crippen molar-refractivity contribution in [2.24, 2.45) is 0 Å². The number of aromatic hydroxyl groups is 1. The Bertz CT molecular complexity index is 392. The molecule has 2 nitrogen and oxygen atoms in total. The second-order valence-electron chi connectivity index (χ2n) is 3.21. The molecule has 0 aliphatic heterocycles. The predicted octanol–water partition coefficient (Wildman–Crippen LogP) is 2.88. The van der Waals surface area contributed by atoms with Crippen LogP contribution in [0.5, 0.6) is 5.75 Å². The summed E-state index contributed by atoms with van der Waals surface area (Å²) in [4.78, 5) is 11.7. The number of carbonyl (C=O) groups excluding carboxylic acids is 1. The van der Waals surface area contributed by atoms with E-state index in [0.717, 1.165) is 0 Å². The van der Waals surface area contributed by atoms with Crippen molar-refractivity contribution < 1.29 is 9.90 Å². The van der Waals surface area contributed by atoms with Gasteiger partial charge in [0.15, 0.2) is 5.78 Å². The molecule has 0 amide bonds. The first-order valence-electron chi connectivity index (χ1n) is 4.76. The molecule has 0 saturated heterocycles. The van der Waals surface area contributed by atoms with E-state index in [1.54, 1.807) is 30.4 Å². The molecule has 0 aliphatic rings. The minimum Gasteiger partial charge on any atom is -0.508 e. The summed E-state index contributed by atoms with van der Waals surface area (Å²) in [5.41, 5.74) is 1.19. The highest BCUT2D eigenvalue weighted by molar-refractivity contribution is 5.98. The van der Waals surface area contributed by atoms with Crippen molar-refractivity contribution in [1.29, 1.82) is 0 Å². The average molecular weight is 202 g/mol. The normalized spacial score (nSPS) is 9.60. The molecule has 1 rings (SSSR count). The van der Waals surface area contributed by atoms with E-state index in [1.807, 2.05) is 0 Å². The SMILES string of the molecule is C=CCC(=O)c1cccc(O)c1CC=C. The zero-order chi connectivity index (χ0) is 11.3. The maximum atomic E-state index is 11.7. The average Bonchev–Trinajstić information content (AvgIpc) is 2.21. The van der Waals surface area contributed by atoms with Gasteiger partial charge in [-0.05, 0) is 12.5 Å². The van der Waals surface area contributed by atoms with Crippen molar-refractivity contribution in [3.05, 3.63) is 54.6 Å². The van der Waals surface area contributed by atoms with E-state index in [9.17, 15) is 9.90 Å². The van der Waals surface area contributed by atoms with Crippen LogP contribution >= 0.6 is 0 Å². The van der Waals surface area contributed by atoms with E-state index in [2.05, 4.69) is 13.2 Å². The van der Waals surface area contributed by atoms with Gasteiger partial charge in [-0.2, -0.15) is 0 Å². The number of allylic oxidation sites excluding steroid dienone is 2. The summed E-state index contributed by atoms with van der Waals surface area (Å²) < 4.78 is 0. The standard InChI is InChI=1S/C13H14O2/c1-3-6-10-11(12(14)7-4-2)8-5-9-13(10)15/h3-5,8-9,15H,1-2,6-7H2. The summed E-state index contributed by atoms with van der Waals surface area (Å²) in [6.07, 6.45) is 4.00. The van der Waals surface area contributed by atoms with Crippen LogP contribution in [0.4, 0.5) is 0 Å². The Labute approximate surface area is 89.6 Å². The smallest absolute Gasteiger partial charge is 0.167 e. The lowest BCUT2D eigenvalue weighted by atomic mass is 9.98. The van der Waals surface area contributed by atoms with Gasteiger partial charge in [0.05, 0.1) is 0 Å². The van der Waals surface area contributed by atoms with Crippen molar-refractivity contribution in [2.75, 3.05) is 0 Å². The lowest BCUT2D eigenvalue weighted by molar-refractivity contribution is 0.0994. The minimum atomic E-state index is -0.0299. The molecule has 1 aromatic rings. The van der Waals surface area contributed by atoms with Gasteiger partial charge in [-0.1, -0.05) is 24.3 Å². The van der Waals surface area contributed by atoms with Crippen LogP contribution in [0.25, 0.3) is 0 Å². The third-order valence-corrected chi connectivity index (χ3v) is 2.13. The van der Waals surface area contributed by atoms with Crippen LogP contribution in [0.3, 0.4) is 0 Å². The molecular weight excluding hydrogens is 188 g/mol. The Hall–Kier alpha value is -1.83. The van der Waals surface area contributed by atoms with Crippen LogP contribution in [0.15, 0.2) is 43.5 Å². The molecule has 1 N–H and O–H groups in total. The van der Waals surface area contributed by atoms with Crippen molar-refractivity contribution in [3.63, 3.8) is 0 Å². The molecule has 0 unspecified atom stereocenters. The number of carbonyl (C=O) groups is 1. The van der Waals surface area contributed by atoms with Crippen molar-refractivity contribution in [3.8, 4) is 5.75 Å². The van der Waals surface area contributed by atoms with Crippen molar-refractivity contribution in [2.45, 2.75) is 12.8 Å². The van der Waals surface area contributed by atoms with Gasteiger partial charge < -0.3 is 5.11 Å². The summed E-state index contributed by atoms with van der Waals surface area (Å²) in [5, 5.41) is 9.61. The number of benzene rings is 1. The second kappa shape index (κ2) is 5.15. The maximum Gasteiger partial charge on any atom is 0.167 e. The van der Waals surface area contributed by atoms with Gasteiger partial charge in [0.25, 0.3) is 0 Å². The van der Waals surface area contributed by atoms with Crippen LogP contribution in [0, 0.1) is 0 Å². The molecule has 2 heteroatoms. The molecule has 0 fully saturated rings. The Kier molecular flexibility index (Phi) is 3.86. The third-order valence-electron chi connectivity index (χ3n) is 2.13. The van der Waals surface area contributed by atoms with E-state index in [-0.39, 0.29) is 18.0 Å². The summed E-state index contributed by atoms with van der Waals surface area (Å²) in [6.45, 7) is 7.12. The molecule has 0 radical (unpaired) electrons. The monoisotopic (exact) mass is 202 g/mol. The number of hydrogen-bond acceptors (Lipinski definition) is 2. The van der Waals surface area contributed by atoms with E-state index < -0.39 is 0 Å². The first-order chi connectivity index (χ1) is 7.20. The van der Waals surface area contributed by atoms with E-state index in [1.165, 1.54) is 0 Å². The summed E-state index contributed by atoms with van der Waals surface area (Å²) in [7, 11) is 0. The van der Waals surface area contributed by atoms with Gasteiger partial charge >= 0.3 is 0 Å². The Morgan fingerprint density at radius 1 is 1.33 bits per heavy atom. The number of phenols is 1. The van der Waals surface area contributed by atoms with Crippen molar-refractivity contribution in [1.82, 2.24) is 0 Å². The van der Waals surface area contributed by atoms with Crippen LogP contribution in [-0.4, -0.2) is 10.9 Å². The number of rotatable bonds is 5. The van der Waals surface area contributed by atoms with Gasteiger partial charge in [-0.25, -0.2) is 0 Å². The number of Topliss-reactive ketones (excluding diaryl/α,β-unsaturated/α-hetero) is 1. The number of ketones is 1. The molecule has 1 aromatic carbocycles. The quantitative estimate of drug-likeness (QED) is 0.588. The predicted molar refractivity (Wildman–Crippen MR) is 61.2 cm³/mol. The summed E-state index contributed by atoms with van der Waals surface area (Å²) in [6, 6.07) is 4.95. The number of hydrogen-bond donors (Lipinski definition) is 1. The summed E-state index contributed by atoms with van der Waals surface area (Å²) >= 11 is 0. The number of phenolic OH excluding ortho intramolecular Hbond substituents is 1. The molecule has 0 aliphatic carbocycles. The van der Waals surface area contributed by atoms with Gasteiger partial charge in [0, 0.05) is 17.5 Å². The fraction of sp³-hybridized carbons (Fsp3) is 0.154. The molecule has 0 heterocycles. The van der Waals surface area contributed by atoms with E-state index in [4.69, 9.17) is 0 Å². The first-order valence-corrected chi connectivity index (χ1v) is 4.76. The van der Waals surface area contributed by atoms with Crippen LogP contribution in [0.2, 0.25) is 0 Å². The van der Waals surface area contributed by atoms with Gasteiger partial charge in [-0.3, -0.25) is 4.79 Å². The van der Waals surface area contributed by atoms with Crippen molar-refractivity contribution >= 4 is 5.78 Å². The molecule has 78 valence electrons. The molecule has 15 heavy (non-hydrogen) atoms. The third kappa shape index (κ3) is 2.56. The fourth-order valence-electron chi connectivity index (χ4n) is 1.44. The zero-order valence-corrected chi connectivity index (χ0v) is 8.57. The topological polar surface area (TPSA) is 37.3 Å². The Morgan fingerprint density at radius 2 is 2.07 bits per heavy atom. The molecule has 0 atom stereocenters. The molecular formula is C13H14O2. The van der Waals surface area contributed by atoms with E-state index >= 15 is 0 Å². The van der Waals surface area contributed by atoms with Gasteiger partial charge in [-0.15, -0.1) is 13.2 Å². The highest BCUT2D eigenvalue weighted by Crippen LogP contribution is 2.23. The van der Waals surface area contributed by atoms with Crippen LogP contribution < -0.4 is 0 Å². The van der Waals surface area contributed by atoms with Gasteiger partial charge in [0.2, 0.25) is 0 Å². The zero-order valence-electron chi connectivity index (χ0n) is 8.57. The highest BCUT2D eigenvalue weighted by atomic mass is 16.3. The largest absolute Gasteiger partial charge is 0.508 e. The fourth-order valence-corrected chi connectivity index (χ4v) is 1.44. The lowest BCUT2D eigenvalue weighted by Crippen LogP contribution is -2.02. The molecule has 0 bridgehead atoms. The lowest BCUT2D eigenvalue weighted by Gasteiger charge is -2.07. The summed E-state index contributed by atoms with van der Waals surface area (Å²) in [5.74, 6) is 0.113. The molecule has 0 spiro atoms. The van der Waals surface area contributed by atoms with E-state index in [0.29, 0.717) is 17.5 Å². The van der Waals surface area contributed by atoms with Crippen LogP contribution in [-0.2, 0) is 6.42 Å². The Balaban J connectivity index is 3.15. The minimum absolute atomic E-state index is 0.0299. The van der Waals surface area contributed by atoms with Crippen LogP contribution in [0.1, 0.15) is 22.3 Å². The maximum absolute atomic E-state index is 11.7. The Morgan fingerprint density at radius 3 is 2.67 bits per heavy atom. The highest BCUT2D eigenvalue weighted by Gasteiger charge is 2.11. The molecule has 0 aromatic heterocycles. The second-order valence-corrected chi connectivity index (χ2v) is 3.21.